The monoisotopic (exact) mass is 341 g/mol. The molecule has 1 aromatic rings. The number of aliphatic hydroxyl groups is 1. The third-order valence-corrected chi connectivity index (χ3v) is 5.35. The first-order valence-electron chi connectivity index (χ1n) is 5.00. The van der Waals surface area contributed by atoms with E-state index in [1.807, 2.05) is 0 Å². The van der Waals surface area contributed by atoms with Gasteiger partial charge in [-0.05, 0) is 28.9 Å². The average molecular weight is 342 g/mol. The zero-order chi connectivity index (χ0) is 13.7. The number of hydrogen-bond acceptors (Lipinski definition) is 3. The molecule has 100 valence electrons. The molecule has 1 N–H and O–H groups in total. The van der Waals surface area contributed by atoms with Crippen LogP contribution in [0.2, 0.25) is 0 Å². The number of halogens is 3. The third-order valence-electron chi connectivity index (χ3n) is 2.59. The molecule has 0 saturated carbocycles. The predicted octanol–water partition coefficient (Wildman–Crippen LogP) is 1.48. The molecule has 2 rings (SSSR count). The quantitative estimate of drug-likeness (QED) is 0.886. The van der Waals surface area contributed by atoms with Gasteiger partial charge in [0.25, 0.3) is 0 Å². The van der Waals surface area contributed by atoms with Crippen molar-refractivity contribution in [3.63, 3.8) is 0 Å². The largest absolute Gasteiger partial charge is 0.387 e. The van der Waals surface area contributed by atoms with E-state index in [0.717, 1.165) is 10.4 Å². The molecule has 18 heavy (non-hydrogen) atoms. The van der Waals surface area contributed by atoms with E-state index in [2.05, 4.69) is 15.9 Å². The van der Waals surface area contributed by atoms with E-state index in [-0.39, 0.29) is 17.6 Å². The van der Waals surface area contributed by atoms with Crippen LogP contribution >= 0.6 is 15.9 Å². The summed E-state index contributed by atoms with van der Waals surface area (Å²) in [6, 6.07) is 1.39. The fraction of sp³-hybridized carbons (Fsp3) is 0.400. The van der Waals surface area contributed by atoms with Gasteiger partial charge < -0.3 is 5.11 Å². The molecule has 0 radical (unpaired) electrons. The number of rotatable bonds is 2. The van der Waals surface area contributed by atoms with Crippen LogP contribution in [0.15, 0.2) is 21.5 Å². The highest BCUT2D eigenvalue weighted by atomic mass is 79.9. The van der Waals surface area contributed by atoms with E-state index in [1.165, 1.54) is 6.92 Å². The molecule has 0 atom stereocenters. The van der Waals surface area contributed by atoms with Crippen LogP contribution in [0.4, 0.5) is 8.78 Å². The molecule has 0 aliphatic carbocycles. The minimum atomic E-state index is -4.07. The molecule has 1 heterocycles. The number of nitrogens with zero attached hydrogens (tertiary/aromatic N) is 1. The van der Waals surface area contributed by atoms with Crippen molar-refractivity contribution in [2.75, 3.05) is 13.1 Å². The minimum Gasteiger partial charge on any atom is -0.387 e. The summed E-state index contributed by atoms with van der Waals surface area (Å²) in [6.07, 6.45) is 0. The first-order chi connectivity index (χ1) is 8.13. The molecule has 8 heteroatoms. The standard InChI is InChI=1S/C10H10BrF2NO3S/c1-10(15)4-14(5-10)18(16,17)9-7(11)2-6(12)3-8(9)13/h2-3,15H,4-5H2,1H3. The summed E-state index contributed by atoms with van der Waals surface area (Å²) in [5.74, 6) is -2.03. The van der Waals surface area contributed by atoms with Crippen molar-refractivity contribution in [2.45, 2.75) is 17.4 Å². The Hall–Kier alpha value is -0.570. The first kappa shape index (κ1) is 13.9. The maximum Gasteiger partial charge on any atom is 0.247 e. The van der Waals surface area contributed by atoms with Crippen molar-refractivity contribution in [3.05, 3.63) is 28.2 Å². The van der Waals surface area contributed by atoms with Crippen LogP contribution in [0.25, 0.3) is 0 Å². The Balaban J connectivity index is 2.44. The maximum absolute atomic E-state index is 13.6. The lowest BCUT2D eigenvalue weighted by atomic mass is 10.0. The van der Waals surface area contributed by atoms with Gasteiger partial charge >= 0.3 is 0 Å². The lowest BCUT2D eigenvalue weighted by Crippen LogP contribution is -2.61. The maximum atomic E-state index is 13.6. The van der Waals surface area contributed by atoms with Gasteiger partial charge in [-0.3, -0.25) is 0 Å². The van der Waals surface area contributed by atoms with E-state index in [1.54, 1.807) is 0 Å². The van der Waals surface area contributed by atoms with Gasteiger partial charge in [-0.25, -0.2) is 17.2 Å². The summed E-state index contributed by atoms with van der Waals surface area (Å²) in [5, 5.41) is 9.50. The topological polar surface area (TPSA) is 57.6 Å². The van der Waals surface area contributed by atoms with Gasteiger partial charge in [-0.2, -0.15) is 4.31 Å². The van der Waals surface area contributed by atoms with E-state index < -0.39 is 32.2 Å². The smallest absolute Gasteiger partial charge is 0.247 e. The Kier molecular flexibility index (Phi) is 3.25. The molecular weight excluding hydrogens is 332 g/mol. The summed E-state index contributed by atoms with van der Waals surface area (Å²) < 4.78 is 51.4. The second-order valence-electron chi connectivity index (χ2n) is 4.47. The first-order valence-corrected chi connectivity index (χ1v) is 7.24. The SMILES string of the molecule is CC1(O)CN(S(=O)(=O)c2c(F)cc(F)cc2Br)C1. The van der Waals surface area contributed by atoms with E-state index in [9.17, 15) is 22.3 Å². The Morgan fingerprint density at radius 1 is 1.39 bits per heavy atom. The number of β-amino-alcohol motifs (C(OH)–C–C–N with tert-alkyl or cyclic N) is 1. The molecule has 1 aromatic carbocycles. The Labute approximate surface area is 111 Å². The summed E-state index contributed by atoms with van der Waals surface area (Å²) in [4.78, 5) is -0.612. The van der Waals surface area contributed by atoms with Crippen LogP contribution in [0.5, 0.6) is 0 Å². The highest BCUT2D eigenvalue weighted by Crippen LogP contribution is 2.33. The van der Waals surface area contributed by atoms with E-state index in [0.29, 0.717) is 6.07 Å². The highest BCUT2D eigenvalue weighted by Gasteiger charge is 2.45. The van der Waals surface area contributed by atoms with Crippen molar-refractivity contribution in [2.24, 2.45) is 0 Å². The Morgan fingerprint density at radius 3 is 2.39 bits per heavy atom. The molecule has 0 bridgehead atoms. The van der Waals surface area contributed by atoms with Crippen molar-refractivity contribution in [3.8, 4) is 0 Å². The minimum absolute atomic E-state index is 0.113. The van der Waals surface area contributed by atoms with Crippen LogP contribution in [0, 0.1) is 11.6 Å². The Morgan fingerprint density at radius 2 is 1.94 bits per heavy atom. The zero-order valence-corrected chi connectivity index (χ0v) is 11.7. The molecule has 0 amide bonds. The highest BCUT2D eigenvalue weighted by molar-refractivity contribution is 9.10. The van der Waals surface area contributed by atoms with Gasteiger partial charge in [-0.1, -0.05) is 0 Å². The van der Waals surface area contributed by atoms with Crippen LogP contribution in [0.1, 0.15) is 6.92 Å². The van der Waals surface area contributed by atoms with E-state index >= 15 is 0 Å². The van der Waals surface area contributed by atoms with Crippen molar-refractivity contribution >= 4 is 26.0 Å². The van der Waals surface area contributed by atoms with Gasteiger partial charge in [0, 0.05) is 23.6 Å². The van der Waals surface area contributed by atoms with Gasteiger partial charge in [-0.15, -0.1) is 0 Å². The average Bonchev–Trinajstić information content (AvgIpc) is 2.11. The Bertz CT molecular complexity index is 572. The summed E-state index contributed by atoms with van der Waals surface area (Å²) in [6.45, 7) is 1.26. The fourth-order valence-corrected chi connectivity index (χ4v) is 4.57. The molecule has 4 nitrogen and oxygen atoms in total. The molecule has 1 aliphatic heterocycles. The van der Waals surface area contributed by atoms with Gasteiger partial charge in [0.05, 0.1) is 5.60 Å². The van der Waals surface area contributed by atoms with E-state index in [4.69, 9.17) is 0 Å². The van der Waals surface area contributed by atoms with Crippen LogP contribution in [0.3, 0.4) is 0 Å². The summed E-state index contributed by atoms with van der Waals surface area (Å²) in [7, 11) is -4.07. The van der Waals surface area contributed by atoms with Crippen molar-refractivity contribution < 1.29 is 22.3 Å². The predicted molar refractivity (Wildman–Crippen MR) is 63.4 cm³/mol. The molecule has 0 unspecified atom stereocenters. The molecular formula is C10H10BrF2NO3S. The normalized spacial score (nSPS) is 19.6. The zero-order valence-electron chi connectivity index (χ0n) is 9.32. The molecule has 0 spiro atoms. The lowest BCUT2D eigenvalue weighted by Gasteiger charge is -2.42. The van der Waals surface area contributed by atoms with Gasteiger partial charge in [0.1, 0.15) is 16.5 Å². The molecule has 0 aromatic heterocycles. The molecule has 1 saturated heterocycles. The van der Waals surface area contributed by atoms with Gasteiger partial charge in [0.15, 0.2) is 0 Å². The number of benzene rings is 1. The molecule has 1 aliphatic rings. The van der Waals surface area contributed by atoms with Gasteiger partial charge in [0.2, 0.25) is 10.0 Å². The fourth-order valence-electron chi connectivity index (χ4n) is 1.79. The summed E-state index contributed by atoms with van der Waals surface area (Å²) in [5.41, 5.74) is -1.10. The second kappa shape index (κ2) is 4.22. The van der Waals surface area contributed by atoms with Crippen LogP contribution in [-0.2, 0) is 10.0 Å². The van der Waals surface area contributed by atoms with Crippen molar-refractivity contribution in [1.29, 1.82) is 0 Å². The molecule has 1 fully saturated rings. The van der Waals surface area contributed by atoms with Crippen LogP contribution in [-0.4, -0.2) is 36.5 Å². The summed E-state index contributed by atoms with van der Waals surface area (Å²) >= 11 is 2.84. The third kappa shape index (κ3) is 2.29. The van der Waals surface area contributed by atoms with Crippen LogP contribution < -0.4 is 0 Å². The number of hydrogen-bond donors (Lipinski definition) is 1. The lowest BCUT2D eigenvalue weighted by molar-refractivity contribution is -0.0427. The number of sulfonamides is 1. The second-order valence-corrected chi connectivity index (χ2v) is 7.20. The van der Waals surface area contributed by atoms with Crippen molar-refractivity contribution in [1.82, 2.24) is 4.31 Å².